The topological polar surface area (TPSA) is 81.4 Å². The first-order chi connectivity index (χ1) is 14.5. The molecule has 0 bridgehead atoms. The van der Waals surface area contributed by atoms with Crippen molar-refractivity contribution in [3.8, 4) is 16.9 Å². The minimum atomic E-state index is -0.387. The van der Waals surface area contributed by atoms with Crippen molar-refractivity contribution in [2.75, 3.05) is 11.9 Å². The van der Waals surface area contributed by atoms with Crippen LogP contribution in [0.5, 0.6) is 5.75 Å². The highest BCUT2D eigenvalue weighted by molar-refractivity contribution is 6.03. The summed E-state index contributed by atoms with van der Waals surface area (Å²) in [5.41, 5.74) is 4.10. The zero-order chi connectivity index (χ0) is 21.3. The molecule has 4 aromatic rings. The Morgan fingerprint density at radius 1 is 1.07 bits per heavy atom. The number of fused-ring (bicyclic) bond motifs is 1. The SMILES string of the molecule is CCOc1ccc(NC(=O)c2nnc3c(-c4ccc(F)cc4)c(C)nn3c2C)cc1. The molecule has 0 radical (unpaired) electrons. The number of nitrogens with zero attached hydrogens (tertiary/aromatic N) is 4. The van der Waals surface area contributed by atoms with Crippen LogP contribution in [-0.4, -0.2) is 32.3 Å². The van der Waals surface area contributed by atoms with Crippen LogP contribution in [0.25, 0.3) is 16.8 Å². The van der Waals surface area contributed by atoms with Gasteiger partial charge in [-0.15, -0.1) is 10.2 Å². The second kappa shape index (κ2) is 7.90. The molecule has 4 rings (SSSR count). The van der Waals surface area contributed by atoms with E-state index in [1.165, 1.54) is 12.1 Å². The summed E-state index contributed by atoms with van der Waals surface area (Å²) in [5.74, 6) is 0.0270. The number of benzene rings is 2. The molecule has 8 heteroatoms. The number of anilines is 1. The first kappa shape index (κ1) is 19.5. The number of ether oxygens (including phenoxy) is 1. The average molecular weight is 405 g/mol. The maximum absolute atomic E-state index is 13.3. The molecule has 0 atom stereocenters. The van der Waals surface area contributed by atoms with Crippen molar-refractivity contribution in [1.29, 1.82) is 0 Å². The quantitative estimate of drug-likeness (QED) is 0.538. The van der Waals surface area contributed by atoms with Gasteiger partial charge in [0.2, 0.25) is 0 Å². The summed E-state index contributed by atoms with van der Waals surface area (Å²) in [6, 6.07) is 13.2. The number of carbonyl (C=O) groups is 1. The summed E-state index contributed by atoms with van der Waals surface area (Å²) in [6.07, 6.45) is 0. The van der Waals surface area contributed by atoms with Crippen molar-refractivity contribution in [1.82, 2.24) is 19.8 Å². The van der Waals surface area contributed by atoms with Crippen LogP contribution in [0.3, 0.4) is 0 Å². The molecule has 152 valence electrons. The highest BCUT2D eigenvalue weighted by Crippen LogP contribution is 2.28. The Kier molecular flexibility index (Phi) is 5.14. The molecule has 1 N–H and O–H groups in total. The van der Waals surface area contributed by atoms with Gasteiger partial charge in [-0.3, -0.25) is 4.79 Å². The van der Waals surface area contributed by atoms with E-state index in [2.05, 4.69) is 20.6 Å². The summed E-state index contributed by atoms with van der Waals surface area (Å²) in [4.78, 5) is 12.8. The number of aryl methyl sites for hydroxylation is 2. The summed E-state index contributed by atoms with van der Waals surface area (Å²) in [5, 5.41) is 15.7. The molecular weight excluding hydrogens is 385 g/mol. The van der Waals surface area contributed by atoms with Crippen molar-refractivity contribution in [2.45, 2.75) is 20.8 Å². The molecule has 0 aliphatic carbocycles. The molecule has 0 aliphatic heterocycles. The standard InChI is InChI=1S/C22H20FN5O2/c1-4-30-18-11-9-17(10-12-18)24-22(29)20-14(3)28-21(26-25-20)19(13(2)27-28)15-5-7-16(23)8-6-15/h5-12H,4H2,1-3H3,(H,24,29). The van der Waals surface area contributed by atoms with Crippen LogP contribution >= 0.6 is 0 Å². The maximum atomic E-state index is 13.3. The van der Waals surface area contributed by atoms with E-state index in [4.69, 9.17) is 4.74 Å². The minimum Gasteiger partial charge on any atom is -0.494 e. The average Bonchev–Trinajstić information content (AvgIpc) is 3.07. The highest BCUT2D eigenvalue weighted by Gasteiger charge is 2.20. The van der Waals surface area contributed by atoms with E-state index in [0.29, 0.717) is 29.3 Å². The summed E-state index contributed by atoms with van der Waals surface area (Å²) in [6.45, 7) is 6.08. The van der Waals surface area contributed by atoms with Crippen LogP contribution in [0.15, 0.2) is 48.5 Å². The van der Waals surface area contributed by atoms with Gasteiger partial charge in [0.15, 0.2) is 11.3 Å². The largest absolute Gasteiger partial charge is 0.494 e. The fourth-order valence-electron chi connectivity index (χ4n) is 3.27. The van der Waals surface area contributed by atoms with E-state index in [1.807, 2.05) is 13.8 Å². The highest BCUT2D eigenvalue weighted by atomic mass is 19.1. The van der Waals surface area contributed by atoms with Gasteiger partial charge in [0, 0.05) is 5.69 Å². The zero-order valence-electron chi connectivity index (χ0n) is 16.8. The number of hydrogen-bond acceptors (Lipinski definition) is 5. The van der Waals surface area contributed by atoms with Crippen molar-refractivity contribution in [3.63, 3.8) is 0 Å². The molecule has 30 heavy (non-hydrogen) atoms. The monoisotopic (exact) mass is 405 g/mol. The van der Waals surface area contributed by atoms with Crippen LogP contribution in [0.4, 0.5) is 10.1 Å². The van der Waals surface area contributed by atoms with Crippen LogP contribution in [0.2, 0.25) is 0 Å². The number of halogens is 1. The van der Waals surface area contributed by atoms with Gasteiger partial charge in [0.05, 0.1) is 23.6 Å². The van der Waals surface area contributed by atoms with Gasteiger partial charge in [-0.25, -0.2) is 8.91 Å². The number of aromatic nitrogens is 4. The second-order valence-electron chi connectivity index (χ2n) is 6.75. The molecule has 0 spiro atoms. The lowest BCUT2D eigenvalue weighted by molar-refractivity contribution is 0.102. The van der Waals surface area contributed by atoms with Gasteiger partial charge in [-0.05, 0) is 62.7 Å². The van der Waals surface area contributed by atoms with E-state index in [0.717, 1.165) is 16.9 Å². The molecule has 2 aromatic carbocycles. The lowest BCUT2D eigenvalue weighted by atomic mass is 10.1. The Morgan fingerprint density at radius 2 is 1.77 bits per heavy atom. The Bertz CT molecular complexity index is 1220. The molecule has 2 aromatic heterocycles. The van der Waals surface area contributed by atoms with Gasteiger partial charge in [0.1, 0.15) is 11.6 Å². The van der Waals surface area contributed by atoms with Crippen LogP contribution in [0.1, 0.15) is 28.8 Å². The number of carbonyl (C=O) groups excluding carboxylic acids is 1. The Labute approximate surface area is 172 Å². The zero-order valence-corrected chi connectivity index (χ0v) is 16.8. The van der Waals surface area contributed by atoms with E-state index in [9.17, 15) is 9.18 Å². The first-order valence-electron chi connectivity index (χ1n) is 9.50. The number of amides is 1. The summed E-state index contributed by atoms with van der Waals surface area (Å²) >= 11 is 0. The van der Waals surface area contributed by atoms with Gasteiger partial charge < -0.3 is 10.1 Å². The Hall–Kier alpha value is -3.81. The molecule has 0 saturated carbocycles. The van der Waals surface area contributed by atoms with E-state index in [-0.39, 0.29) is 17.4 Å². The maximum Gasteiger partial charge on any atom is 0.278 e. The van der Waals surface area contributed by atoms with Crippen molar-refractivity contribution in [3.05, 3.63) is 71.4 Å². The van der Waals surface area contributed by atoms with E-state index in [1.54, 1.807) is 47.8 Å². The van der Waals surface area contributed by atoms with Gasteiger partial charge in [-0.1, -0.05) is 12.1 Å². The number of nitrogens with one attached hydrogen (secondary N) is 1. The molecule has 0 unspecified atom stereocenters. The Morgan fingerprint density at radius 3 is 2.43 bits per heavy atom. The van der Waals surface area contributed by atoms with Crippen molar-refractivity contribution >= 4 is 17.2 Å². The predicted octanol–water partition coefficient (Wildman–Crippen LogP) is 4.20. The fourth-order valence-corrected chi connectivity index (χ4v) is 3.27. The molecular formula is C22H20FN5O2. The van der Waals surface area contributed by atoms with Crippen molar-refractivity contribution in [2.24, 2.45) is 0 Å². The van der Waals surface area contributed by atoms with Gasteiger partial charge in [0.25, 0.3) is 5.91 Å². The first-order valence-corrected chi connectivity index (χ1v) is 9.50. The third kappa shape index (κ3) is 3.59. The molecule has 2 heterocycles. The Balaban J connectivity index is 1.66. The third-order valence-electron chi connectivity index (χ3n) is 4.71. The molecule has 0 saturated heterocycles. The molecule has 7 nitrogen and oxygen atoms in total. The lowest BCUT2D eigenvalue weighted by Gasteiger charge is -2.09. The molecule has 0 fully saturated rings. The second-order valence-corrected chi connectivity index (χ2v) is 6.75. The van der Waals surface area contributed by atoms with Crippen LogP contribution in [0, 0.1) is 19.7 Å². The van der Waals surface area contributed by atoms with E-state index >= 15 is 0 Å². The molecule has 1 amide bonds. The van der Waals surface area contributed by atoms with Gasteiger partial charge in [-0.2, -0.15) is 5.10 Å². The number of rotatable bonds is 5. The van der Waals surface area contributed by atoms with Crippen LogP contribution in [-0.2, 0) is 0 Å². The smallest absolute Gasteiger partial charge is 0.278 e. The normalized spacial score (nSPS) is 10.9. The molecule has 0 aliphatic rings. The van der Waals surface area contributed by atoms with Crippen molar-refractivity contribution < 1.29 is 13.9 Å². The minimum absolute atomic E-state index is 0.171. The third-order valence-corrected chi connectivity index (χ3v) is 4.71. The van der Waals surface area contributed by atoms with Gasteiger partial charge >= 0.3 is 0 Å². The predicted molar refractivity (Wildman–Crippen MR) is 111 cm³/mol. The lowest BCUT2D eigenvalue weighted by Crippen LogP contribution is -2.18. The van der Waals surface area contributed by atoms with E-state index < -0.39 is 0 Å². The summed E-state index contributed by atoms with van der Waals surface area (Å²) < 4.78 is 20.3. The fraction of sp³-hybridized carbons (Fsp3) is 0.182. The summed E-state index contributed by atoms with van der Waals surface area (Å²) in [7, 11) is 0. The van der Waals surface area contributed by atoms with Crippen LogP contribution < -0.4 is 10.1 Å². The number of hydrogen-bond donors (Lipinski definition) is 1.